The van der Waals surface area contributed by atoms with E-state index in [1.54, 1.807) is 12.1 Å². The van der Waals surface area contributed by atoms with Crippen LogP contribution in [-0.4, -0.2) is 51.8 Å². The van der Waals surface area contributed by atoms with E-state index in [2.05, 4.69) is 45.6 Å². The number of benzene rings is 1. The van der Waals surface area contributed by atoms with Crippen LogP contribution < -0.4 is 10.9 Å². The van der Waals surface area contributed by atoms with Crippen LogP contribution in [0.3, 0.4) is 0 Å². The minimum Gasteiger partial charge on any atom is -0.508 e. The smallest absolute Gasteiger partial charge is 0.125 e. The molecule has 2 aromatic rings. The number of imidazole rings is 1. The second-order valence-corrected chi connectivity index (χ2v) is 9.47. The number of nitrogens with one attached hydrogen (secondary N) is 3. The Morgan fingerprint density at radius 3 is 2.91 bits per heavy atom. The predicted molar refractivity (Wildman–Crippen MR) is 124 cm³/mol. The van der Waals surface area contributed by atoms with E-state index in [1.807, 2.05) is 12.3 Å². The van der Waals surface area contributed by atoms with Crippen LogP contribution in [0.15, 0.2) is 30.5 Å². The van der Waals surface area contributed by atoms with Gasteiger partial charge in [-0.2, -0.15) is 0 Å². The van der Waals surface area contributed by atoms with E-state index in [0.717, 1.165) is 68.0 Å². The average Bonchev–Trinajstić information content (AvgIpc) is 3.53. The molecule has 0 amide bonds. The van der Waals surface area contributed by atoms with Crippen molar-refractivity contribution in [2.45, 2.75) is 63.7 Å². The summed E-state index contributed by atoms with van der Waals surface area (Å²) in [5.41, 5.74) is 11.0. The number of hydrogen-bond acceptors (Lipinski definition) is 5. The van der Waals surface area contributed by atoms with E-state index >= 15 is 4.39 Å². The molecule has 5 rings (SSSR count). The van der Waals surface area contributed by atoms with Gasteiger partial charge in [0.15, 0.2) is 0 Å². The second-order valence-electron chi connectivity index (χ2n) is 9.47. The van der Waals surface area contributed by atoms with Crippen LogP contribution >= 0.6 is 0 Å². The van der Waals surface area contributed by atoms with Crippen molar-refractivity contribution in [3.63, 3.8) is 0 Å². The third-order valence-electron chi connectivity index (χ3n) is 7.51. The lowest BCUT2D eigenvalue weighted by atomic mass is 9.71. The maximum atomic E-state index is 15.8. The third-order valence-corrected chi connectivity index (χ3v) is 7.51. The van der Waals surface area contributed by atoms with E-state index in [1.165, 1.54) is 5.57 Å². The van der Waals surface area contributed by atoms with Crippen LogP contribution in [0.1, 0.15) is 67.7 Å². The van der Waals surface area contributed by atoms with Crippen molar-refractivity contribution in [2.24, 2.45) is 5.92 Å². The highest BCUT2D eigenvalue weighted by Crippen LogP contribution is 2.45. The molecule has 3 heterocycles. The maximum Gasteiger partial charge on any atom is 0.125 e. The van der Waals surface area contributed by atoms with Crippen molar-refractivity contribution >= 4 is 5.57 Å². The van der Waals surface area contributed by atoms with Crippen molar-refractivity contribution in [1.82, 2.24) is 25.7 Å². The molecular formula is C25H34FN5O. The number of aromatic nitrogens is 2. The summed E-state index contributed by atoms with van der Waals surface area (Å²) in [5.74, 6) is 1.13. The first kappa shape index (κ1) is 21.6. The molecule has 172 valence electrons. The first-order chi connectivity index (χ1) is 15.6. The fourth-order valence-corrected chi connectivity index (χ4v) is 5.86. The van der Waals surface area contributed by atoms with Crippen LogP contribution in [0.25, 0.3) is 5.57 Å². The monoisotopic (exact) mass is 439 g/mol. The van der Waals surface area contributed by atoms with E-state index in [0.29, 0.717) is 0 Å². The van der Waals surface area contributed by atoms with Gasteiger partial charge in [0.25, 0.3) is 0 Å². The van der Waals surface area contributed by atoms with Gasteiger partial charge in [-0.15, -0.1) is 0 Å². The molecule has 1 saturated carbocycles. The van der Waals surface area contributed by atoms with Crippen molar-refractivity contribution in [1.29, 1.82) is 0 Å². The summed E-state index contributed by atoms with van der Waals surface area (Å²) in [6.07, 6.45) is 6.88. The Morgan fingerprint density at radius 2 is 2.09 bits per heavy atom. The summed E-state index contributed by atoms with van der Waals surface area (Å²) in [5, 5.41) is 9.83. The molecule has 0 spiro atoms. The topological polar surface area (TPSA) is 76.2 Å². The van der Waals surface area contributed by atoms with E-state index in [9.17, 15) is 5.11 Å². The van der Waals surface area contributed by atoms with E-state index in [4.69, 9.17) is 0 Å². The van der Waals surface area contributed by atoms with Gasteiger partial charge in [0.1, 0.15) is 17.7 Å². The number of hydrazine groups is 1. The Bertz CT molecular complexity index is 988. The lowest BCUT2D eigenvalue weighted by Gasteiger charge is -2.36. The second kappa shape index (κ2) is 8.96. The standard InChI is InChI=1S/C25H34FN5O/c1-3-10-31-11-9-16(14-31)21-13-27-25(28-21)24-20-8-7-19(22(26)23(20)29-30-24)18-6-5-17(32)12-15(18)4-2/h5-6,9,12-13,19-20,22-24,29-30,32H,3-4,7-8,10-11,14H2,1-2H3,(H,27,28). The molecule has 6 nitrogen and oxygen atoms in total. The zero-order valence-electron chi connectivity index (χ0n) is 18.9. The lowest BCUT2D eigenvalue weighted by Crippen LogP contribution is -2.45. The van der Waals surface area contributed by atoms with Crippen molar-refractivity contribution in [2.75, 3.05) is 19.6 Å². The number of aromatic amines is 1. The summed E-state index contributed by atoms with van der Waals surface area (Å²) in [7, 11) is 0. The average molecular weight is 440 g/mol. The molecule has 1 saturated heterocycles. The number of aryl methyl sites for hydroxylation is 1. The van der Waals surface area contributed by atoms with Crippen LogP contribution in [0, 0.1) is 5.92 Å². The SMILES string of the molecule is CCCN1CC=C(c2cnc(C3NNC4C(F)C(c5ccc(O)cc5CC)CCC34)[nH]2)C1. The number of hydrogen-bond donors (Lipinski definition) is 4. The molecule has 1 aliphatic carbocycles. The zero-order valence-corrected chi connectivity index (χ0v) is 18.9. The first-order valence-electron chi connectivity index (χ1n) is 12.0. The zero-order chi connectivity index (χ0) is 22.2. The minimum absolute atomic E-state index is 0.0211. The Kier molecular flexibility index (Phi) is 6.05. The van der Waals surface area contributed by atoms with Gasteiger partial charge in [0, 0.05) is 24.9 Å². The number of nitrogens with zero attached hydrogens (tertiary/aromatic N) is 2. The fourth-order valence-electron chi connectivity index (χ4n) is 5.86. The van der Waals surface area contributed by atoms with Crippen molar-refractivity contribution < 1.29 is 9.50 Å². The highest BCUT2D eigenvalue weighted by Gasteiger charge is 2.48. The molecule has 2 aliphatic heterocycles. The largest absolute Gasteiger partial charge is 0.508 e. The number of aromatic hydroxyl groups is 1. The summed E-state index contributed by atoms with van der Waals surface area (Å²) in [4.78, 5) is 10.6. The van der Waals surface area contributed by atoms with Crippen molar-refractivity contribution in [3.8, 4) is 5.75 Å². The van der Waals surface area contributed by atoms with E-state index in [-0.39, 0.29) is 29.7 Å². The number of phenols is 1. The Balaban J connectivity index is 1.30. The molecule has 32 heavy (non-hydrogen) atoms. The predicted octanol–water partition coefficient (Wildman–Crippen LogP) is 3.84. The van der Waals surface area contributed by atoms with E-state index < -0.39 is 6.17 Å². The van der Waals surface area contributed by atoms with Gasteiger partial charge in [-0.1, -0.05) is 26.0 Å². The molecule has 3 aliphatic rings. The Morgan fingerprint density at radius 1 is 1.22 bits per heavy atom. The summed E-state index contributed by atoms with van der Waals surface area (Å²) >= 11 is 0. The number of fused-ring (bicyclic) bond motifs is 1. The summed E-state index contributed by atoms with van der Waals surface area (Å²) in [6, 6.07) is 5.09. The molecular weight excluding hydrogens is 405 g/mol. The molecule has 0 radical (unpaired) electrons. The number of halogens is 1. The number of alkyl halides is 1. The number of H-pyrrole nitrogens is 1. The van der Waals surface area contributed by atoms with Gasteiger partial charge in [-0.3, -0.25) is 10.3 Å². The molecule has 0 bridgehead atoms. The molecule has 4 N–H and O–H groups in total. The quantitative estimate of drug-likeness (QED) is 0.550. The molecule has 2 fully saturated rings. The Labute approximate surface area is 189 Å². The molecule has 1 aromatic heterocycles. The molecule has 7 heteroatoms. The maximum absolute atomic E-state index is 15.8. The first-order valence-corrected chi connectivity index (χ1v) is 12.0. The minimum atomic E-state index is -0.990. The number of phenolic OH excluding ortho intramolecular Hbond substituents is 1. The van der Waals surface area contributed by atoms with Crippen molar-refractivity contribution in [3.05, 3.63) is 53.1 Å². The van der Waals surface area contributed by atoms with Gasteiger partial charge in [-0.25, -0.2) is 14.8 Å². The van der Waals surface area contributed by atoms with Crippen LogP contribution in [0.2, 0.25) is 0 Å². The van der Waals surface area contributed by atoms with Gasteiger partial charge >= 0.3 is 0 Å². The van der Waals surface area contributed by atoms with Gasteiger partial charge in [-0.05, 0) is 61.1 Å². The van der Waals surface area contributed by atoms with Gasteiger partial charge in [0.05, 0.1) is 24.0 Å². The van der Waals surface area contributed by atoms with Gasteiger partial charge < -0.3 is 10.1 Å². The van der Waals surface area contributed by atoms with Crippen LogP contribution in [0.4, 0.5) is 4.39 Å². The third kappa shape index (κ3) is 3.87. The fraction of sp³-hybridized carbons (Fsp3) is 0.560. The Hall–Kier alpha value is -2.22. The molecule has 5 unspecified atom stereocenters. The van der Waals surface area contributed by atoms with Crippen LogP contribution in [0.5, 0.6) is 5.75 Å². The summed E-state index contributed by atoms with van der Waals surface area (Å²) in [6.45, 7) is 7.32. The highest BCUT2D eigenvalue weighted by molar-refractivity contribution is 5.66. The van der Waals surface area contributed by atoms with Gasteiger partial charge in [0.2, 0.25) is 0 Å². The molecule has 1 aromatic carbocycles. The highest BCUT2D eigenvalue weighted by atomic mass is 19.1. The normalized spacial score (nSPS) is 30.5. The van der Waals surface area contributed by atoms with Crippen LogP contribution in [-0.2, 0) is 6.42 Å². The lowest BCUT2D eigenvalue weighted by molar-refractivity contribution is 0.135. The summed E-state index contributed by atoms with van der Waals surface area (Å²) < 4.78 is 15.8. The number of rotatable bonds is 6. The molecule has 5 atom stereocenters.